The van der Waals surface area contributed by atoms with Crippen LogP contribution in [0, 0.1) is 0 Å². The van der Waals surface area contributed by atoms with Crippen LogP contribution in [0.4, 0.5) is 0 Å². The average molecular weight is 237 g/mol. The topological polar surface area (TPSA) is 81.8 Å². The van der Waals surface area contributed by atoms with E-state index in [4.69, 9.17) is 19.0 Å². The number of ether oxygens (including phenoxy) is 2. The molecule has 90 valence electrons. The fraction of sp³-hybridized carbons (Fsp3) is 0.273. The molecule has 0 aliphatic rings. The highest BCUT2D eigenvalue weighted by Gasteiger charge is 2.14. The SMILES string of the molecule is COCCOc1nc2c(C(=O)O)cccc2o1. The van der Waals surface area contributed by atoms with E-state index >= 15 is 0 Å². The minimum absolute atomic E-state index is 0.0470. The molecule has 2 aromatic rings. The van der Waals surface area contributed by atoms with Gasteiger partial charge in [-0.25, -0.2) is 4.79 Å². The maximum absolute atomic E-state index is 10.9. The predicted octanol–water partition coefficient (Wildman–Crippen LogP) is 1.55. The molecule has 6 nitrogen and oxygen atoms in total. The zero-order valence-electron chi connectivity index (χ0n) is 9.17. The summed E-state index contributed by atoms with van der Waals surface area (Å²) >= 11 is 0. The van der Waals surface area contributed by atoms with Gasteiger partial charge in [0.15, 0.2) is 5.58 Å². The molecule has 1 aromatic carbocycles. The van der Waals surface area contributed by atoms with Crippen LogP contribution in [-0.4, -0.2) is 36.4 Å². The smallest absolute Gasteiger partial charge is 0.394 e. The Kier molecular flexibility index (Phi) is 3.24. The standard InChI is InChI=1S/C11H11NO5/c1-15-5-6-16-11-12-9-7(10(13)14)3-2-4-8(9)17-11/h2-4H,5-6H2,1H3,(H,13,14). The van der Waals surface area contributed by atoms with Gasteiger partial charge < -0.3 is 19.0 Å². The van der Waals surface area contributed by atoms with Crippen LogP contribution in [0.25, 0.3) is 11.1 Å². The molecule has 6 heteroatoms. The van der Waals surface area contributed by atoms with Crippen LogP contribution < -0.4 is 4.74 Å². The van der Waals surface area contributed by atoms with Crippen LogP contribution >= 0.6 is 0 Å². The number of rotatable bonds is 5. The minimum atomic E-state index is -1.05. The van der Waals surface area contributed by atoms with Crippen molar-refractivity contribution in [3.63, 3.8) is 0 Å². The summed E-state index contributed by atoms with van der Waals surface area (Å²) in [5.41, 5.74) is 0.762. The lowest BCUT2D eigenvalue weighted by Crippen LogP contribution is -2.04. The molecule has 0 fully saturated rings. The zero-order valence-corrected chi connectivity index (χ0v) is 9.17. The number of fused-ring (bicyclic) bond motifs is 1. The third-order valence-corrected chi connectivity index (χ3v) is 2.14. The lowest BCUT2D eigenvalue weighted by Gasteiger charge is -1.97. The first-order valence-electron chi connectivity index (χ1n) is 4.97. The number of aromatic nitrogens is 1. The third kappa shape index (κ3) is 2.36. The first-order chi connectivity index (χ1) is 8.22. The zero-order chi connectivity index (χ0) is 12.3. The van der Waals surface area contributed by atoms with E-state index in [0.29, 0.717) is 18.8 Å². The first-order valence-corrected chi connectivity index (χ1v) is 4.97. The van der Waals surface area contributed by atoms with E-state index in [1.807, 2.05) is 0 Å². The summed E-state index contributed by atoms with van der Waals surface area (Å²) in [6.45, 7) is 0.705. The van der Waals surface area contributed by atoms with Crippen molar-refractivity contribution in [2.45, 2.75) is 0 Å². The second-order valence-electron chi connectivity index (χ2n) is 3.28. The van der Waals surface area contributed by atoms with Gasteiger partial charge in [0.2, 0.25) is 0 Å². The van der Waals surface area contributed by atoms with Crippen molar-refractivity contribution in [2.75, 3.05) is 20.3 Å². The molecule has 0 amide bonds. The Morgan fingerprint density at radius 1 is 1.47 bits per heavy atom. The predicted molar refractivity (Wildman–Crippen MR) is 58.3 cm³/mol. The van der Waals surface area contributed by atoms with E-state index in [1.54, 1.807) is 19.2 Å². The maximum atomic E-state index is 10.9. The lowest BCUT2D eigenvalue weighted by molar-refractivity contribution is 0.0699. The van der Waals surface area contributed by atoms with Gasteiger partial charge in [0.1, 0.15) is 12.1 Å². The van der Waals surface area contributed by atoms with E-state index in [2.05, 4.69) is 4.98 Å². The van der Waals surface area contributed by atoms with Crippen LogP contribution in [0.15, 0.2) is 22.6 Å². The Morgan fingerprint density at radius 2 is 2.29 bits per heavy atom. The van der Waals surface area contributed by atoms with Gasteiger partial charge in [0.05, 0.1) is 12.2 Å². The molecule has 0 bridgehead atoms. The van der Waals surface area contributed by atoms with Crippen molar-refractivity contribution in [3.8, 4) is 6.08 Å². The van der Waals surface area contributed by atoms with Gasteiger partial charge in [0, 0.05) is 7.11 Å². The molecule has 0 saturated heterocycles. The van der Waals surface area contributed by atoms with E-state index in [1.165, 1.54) is 6.07 Å². The highest BCUT2D eigenvalue weighted by Crippen LogP contribution is 2.23. The van der Waals surface area contributed by atoms with Crippen molar-refractivity contribution < 1.29 is 23.8 Å². The van der Waals surface area contributed by atoms with E-state index in [0.717, 1.165) is 0 Å². The maximum Gasteiger partial charge on any atom is 0.394 e. The van der Waals surface area contributed by atoms with Gasteiger partial charge in [-0.15, -0.1) is 0 Å². The molecule has 0 atom stereocenters. The summed E-state index contributed by atoms with van der Waals surface area (Å²) in [7, 11) is 1.55. The summed E-state index contributed by atoms with van der Waals surface area (Å²) < 4.78 is 15.2. The Balaban J connectivity index is 2.30. The van der Waals surface area contributed by atoms with E-state index in [-0.39, 0.29) is 17.2 Å². The number of hydrogen-bond donors (Lipinski definition) is 1. The van der Waals surface area contributed by atoms with Gasteiger partial charge in [-0.3, -0.25) is 0 Å². The number of benzene rings is 1. The molecule has 1 N–H and O–H groups in total. The van der Waals surface area contributed by atoms with Crippen LogP contribution in [0.1, 0.15) is 10.4 Å². The largest absolute Gasteiger partial charge is 0.478 e. The Labute approximate surface area is 96.8 Å². The average Bonchev–Trinajstić information content (AvgIpc) is 2.71. The van der Waals surface area contributed by atoms with E-state index in [9.17, 15) is 4.79 Å². The number of carbonyl (C=O) groups is 1. The summed E-state index contributed by atoms with van der Waals surface area (Å²) in [6, 6.07) is 4.69. The number of nitrogens with zero attached hydrogens (tertiary/aromatic N) is 1. The minimum Gasteiger partial charge on any atom is -0.478 e. The monoisotopic (exact) mass is 237 g/mol. The molecule has 0 aliphatic heterocycles. The molecule has 0 radical (unpaired) electrons. The summed E-state index contributed by atoms with van der Waals surface area (Å²) in [5, 5.41) is 8.96. The molecule has 0 aliphatic carbocycles. The fourth-order valence-electron chi connectivity index (χ4n) is 1.37. The highest BCUT2D eigenvalue weighted by molar-refractivity contribution is 6.00. The second kappa shape index (κ2) is 4.84. The summed E-state index contributed by atoms with van der Waals surface area (Å²) in [6.07, 6.45) is 0.0470. The van der Waals surface area contributed by atoms with Crippen molar-refractivity contribution in [1.29, 1.82) is 0 Å². The van der Waals surface area contributed by atoms with Crippen molar-refractivity contribution in [3.05, 3.63) is 23.8 Å². The molecule has 0 unspecified atom stereocenters. The Hall–Kier alpha value is -2.08. The number of hydrogen-bond acceptors (Lipinski definition) is 5. The molecule has 0 spiro atoms. The van der Waals surface area contributed by atoms with Crippen molar-refractivity contribution in [2.24, 2.45) is 0 Å². The van der Waals surface area contributed by atoms with Crippen LogP contribution in [0.3, 0.4) is 0 Å². The highest BCUT2D eigenvalue weighted by atomic mass is 16.6. The molecule has 1 heterocycles. The second-order valence-corrected chi connectivity index (χ2v) is 3.28. The third-order valence-electron chi connectivity index (χ3n) is 2.14. The van der Waals surface area contributed by atoms with Gasteiger partial charge >= 0.3 is 12.0 Å². The molecular formula is C11H11NO5. The molecular weight excluding hydrogens is 226 g/mol. The number of para-hydroxylation sites is 1. The van der Waals surface area contributed by atoms with Crippen molar-refractivity contribution in [1.82, 2.24) is 4.98 Å². The van der Waals surface area contributed by atoms with Crippen LogP contribution in [0.2, 0.25) is 0 Å². The normalized spacial score (nSPS) is 10.6. The van der Waals surface area contributed by atoms with Crippen LogP contribution in [0.5, 0.6) is 6.08 Å². The van der Waals surface area contributed by atoms with Gasteiger partial charge in [-0.1, -0.05) is 6.07 Å². The number of methoxy groups -OCH3 is 1. The molecule has 0 saturated carbocycles. The number of aromatic carboxylic acids is 1. The van der Waals surface area contributed by atoms with E-state index < -0.39 is 5.97 Å². The molecule has 17 heavy (non-hydrogen) atoms. The summed E-state index contributed by atoms with van der Waals surface area (Å²) in [5.74, 6) is -1.05. The number of oxazole rings is 1. The number of carboxylic acids is 1. The van der Waals surface area contributed by atoms with Gasteiger partial charge in [-0.2, -0.15) is 4.98 Å². The van der Waals surface area contributed by atoms with Gasteiger partial charge in [0.25, 0.3) is 0 Å². The first kappa shape index (κ1) is 11.4. The van der Waals surface area contributed by atoms with Crippen LogP contribution in [-0.2, 0) is 4.74 Å². The fourth-order valence-corrected chi connectivity index (χ4v) is 1.37. The number of carboxylic acid groups (broad SMARTS) is 1. The lowest BCUT2D eigenvalue weighted by atomic mass is 10.2. The Morgan fingerprint density at radius 3 is 3.00 bits per heavy atom. The molecule has 2 rings (SSSR count). The Bertz CT molecular complexity index is 534. The summed E-state index contributed by atoms with van der Waals surface area (Å²) in [4.78, 5) is 14.9. The quantitative estimate of drug-likeness (QED) is 0.794. The van der Waals surface area contributed by atoms with Gasteiger partial charge in [-0.05, 0) is 12.1 Å². The molecule has 1 aromatic heterocycles. The van der Waals surface area contributed by atoms with Crippen molar-refractivity contribution >= 4 is 17.1 Å².